The van der Waals surface area contributed by atoms with E-state index in [1.54, 1.807) is 6.07 Å². The highest BCUT2D eigenvalue weighted by Gasteiger charge is 2.21. The van der Waals surface area contributed by atoms with Gasteiger partial charge in [-0.1, -0.05) is 11.6 Å². The van der Waals surface area contributed by atoms with E-state index in [-0.39, 0.29) is 5.69 Å². The lowest BCUT2D eigenvalue weighted by atomic mass is 10.1. The van der Waals surface area contributed by atoms with E-state index in [0.717, 1.165) is 56.9 Å². The van der Waals surface area contributed by atoms with E-state index in [0.29, 0.717) is 5.02 Å². The lowest BCUT2D eigenvalue weighted by Gasteiger charge is -2.26. The van der Waals surface area contributed by atoms with E-state index in [4.69, 9.17) is 11.6 Å². The van der Waals surface area contributed by atoms with Crippen LogP contribution in [0.15, 0.2) is 24.5 Å². The number of aromatic nitrogens is 2. The van der Waals surface area contributed by atoms with Gasteiger partial charge in [-0.2, -0.15) is 5.10 Å². The molecular weight excluding hydrogens is 354 g/mol. The average Bonchev–Trinajstić information content (AvgIpc) is 2.93. The third-order valence-corrected chi connectivity index (χ3v) is 5.06. The van der Waals surface area contributed by atoms with Crippen LogP contribution in [-0.2, 0) is 13.1 Å². The molecule has 0 radical (unpaired) electrons. The maximum Gasteiger partial charge on any atom is 0.271 e. The molecule has 0 N–H and O–H groups in total. The number of hydrogen-bond acceptors (Lipinski definition) is 5. The first-order valence-electron chi connectivity index (χ1n) is 8.91. The van der Waals surface area contributed by atoms with Crippen LogP contribution in [0.2, 0.25) is 5.02 Å². The summed E-state index contributed by atoms with van der Waals surface area (Å²) in [6, 6.07) is 3.05. The molecule has 2 heterocycles. The second kappa shape index (κ2) is 8.05. The summed E-state index contributed by atoms with van der Waals surface area (Å²) in [6.45, 7) is 9.41. The second-order valence-corrected chi connectivity index (χ2v) is 7.08. The van der Waals surface area contributed by atoms with Crippen LogP contribution >= 0.6 is 11.6 Å². The summed E-state index contributed by atoms with van der Waals surface area (Å²) in [6.07, 6.45) is 5.05. The molecule has 0 saturated carbocycles. The molecule has 0 atom stereocenters. The Bertz CT molecular complexity index is 769. The lowest BCUT2D eigenvalue weighted by Crippen LogP contribution is -2.31. The maximum absolute atomic E-state index is 11.0. The summed E-state index contributed by atoms with van der Waals surface area (Å²) in [5.74, 6) is 0. The first-order valence-corrected chi connectivity index (χ1v) is 9.29. The van der Waals surface area contributed by atoms with Crippen molar-refractivity contribution >= 4 is 23.0 Å². The largest absolute Gasteiger partial charge is 0.369 e. The number of nitrogens with zero attached hydrogens (tertiary/aromatic N) is 5. The predicted octanol–water partition coefficient (Wildman–Crippen LogP) is 3.49. The molecule has 0 unspecified atom stereocenters. The fourth-order valence-electron chi connectivity index (χ4n) is 3.50. The van der Waals surface area contributed by atoms with Gasteiger partial charge in [0.2, 0.25) is 0 Å². The first-order chi connectivity index (χ1) is 12.5. The Morgan fingerprint density at radius 2 is 2.08 bits per heavy atom. The fraction of sp³-hybridized carbons (Fsp3) is 0.500. The molecule has 26 heavy (non-hydrogen) atoms. The quantitative estimate of drug-likeness (QED) is 0.589. The summed E-state index contributed by atoms with van der Waals surface area (Å²) in [4.78, 5) is 15.3. The molecule has 1 aromatic carbocycles. The highest BCUT2D eigenvalue weighted by atomic mass is 35.5. The number of nitro groups is 1. The van der Waals surface area contributed by atoms with E-state index in [1.807, 2.05) is 17.8 Å². The number of halogens is 1. The van der Waals surface area contributed by atoms with Gasteiger partial charge in [-0.05, 0) is 25.8 Å². The number of hydrogen-bond donors (Lipinski definition) is 0. The lowest BCUT2D eigenvalue weighted by molar-refractivity contribution is -0.384. The Hall–Kier alpha value is -2.12. The normalized spacial score (nSPS) is 15.9. The monoisotopic (exact) mass is 377 g/mol. The summed E-state index contributed by atoms with van der Waals surface area (Å²) in [7, 11) is 0. The third kappa shape index (κ3) is 4.16. The molecule has 1 aromatic heterocycles. The highest BCUT2D eigenvalue weighted by molar-refractivity contribution is 6.33. The van der Waals surface area contributed by atoms with Crippen molar-refractivity contribution in [2.24, 2.45) is 0 Å². The number of nitro benzene ring substituents is 1. The van der Waals surface area contributed by atoms with Crippen LogP contribution < -0.4 is 4.90 Å². The number of benzene rings is 1. The van der Waals surface area contributed by atoms with Gasteiger partial charge in [0.05, 0.1) is 21.8 Å². The molecule has 8 heteroatoms. The van der Waals surface area contributed by atoms with Crippen LogP contribution in [0.25, 0.3) is 0 Å². The van der Waals surface area contributed by atoms with Crippen LogP contribution in [0.5, 0.6) is 0 Å². The second-order valence-electron chi connectivity index (χ2n) is 6.67. The van der Waals surface area contributed by atoms with Crippen molar-refractivity contribution in [2.45, 2.75) is 33.4 Å². The smallest absolute Gasteiger partial charge is 0.271 e. The molecule has 7 nitrogen and oxygen atoms in total. The van der Waals surface area contributed by atoms with Crippen LogP contribution in [0.3, 0.4) is 0 Å². The van der Waals surface area contributed by atoms with E-state index in [1.165, 1.54) is 11.6 Å². The molecule has 0 bridgehead atoms. The van der Waals surface area contributed by atoms with E-state index < -0.39 is 4.92 Å². The molecule has 1 aliphatic rings. The number of non-ortho nitro benzene ring substituents is 1. The van der Waals surface area contributed by atoms with Crippen molar-refractivity contribution in [3.05, 3.63) is 50.8 Å². The molecule has 0 aliphatic carbocycles. The van der Waals surface area contributed by atoms with Gasteiger partial charge < -0.3 is 4.90 Å². The number of anilines is 1. The SMILES string of the molecule is CCn1cc(CN2CCCN(c3c(C)cc([N+](=O)[O-])cc3Cl)CC2)cn1. The zero-order valence-corrected chi connectivity index (χ0v) is 15.9. The van der Waals surface area contributed by atoms with Crippen molar-refractivity contribution in [2.75, 3.05) is 31.1 Å². The van der Waals surface area contributed by atoms with Gasteiger partial charge in [-0.15, -0.1) is 0 Å². The highest BCUT2D eigenvalue weighted by Crippen LogP contribution is 2.34. The Morgan fingerprint density at radius 1 is 1.27 bits per heavy atom. The molecule has 1 saturated heterocycles. The van der Waals surface area contributed by atoms with Crippen molar-refractivity contribution in [3.63, 3.8) is 0 Å². The Balaban J connectivity index is 1.69. The van der Waals surface area contributed by atoms with Gasteiger partial charge in [0.1, 0.15) is 0 Å². The minimum absolute atomic E-state index is 0.0423. The Labute approximate surface area is 158 Å². The van der Waals surface area contributed by atoms with Crippen LogP contribution in [0.1, 0.15) is 24.5 Å². The van der Waals surface area contributed by atoms with Gasteiger partial charge in [-0.25, -0.2) is 0 Å². The summed E-state index contributed by atoms with van der Waals surface area (Å²) < 4.78 is 1.94. The van der Waals surface area contributed by atoms with Gasteiger partial charge in [0, 0.05) is 63.2 Å². The minimum Gasteiger partial charge on any atom is -0.369 e. The summed E-state index contributed by atoms with van der Waals surface area (Å²) in [5.41, 5.74) is 3.03. The van der Waals surface area contributed by atoms with Crippen LogP contribution in [0.4, 0.5) is 11.4 Å². The first kappa shape index (κ1) is 18.7. The topological polar surface area (TPSA) is 67.4 Å². The number of rotatable bonds is 5. The zero-order valence-electron chi connectivity index (χ0n) is 15.2. The molecule has 140 valence electrons. The molecule has 0 amide bonds. The van der Waals surface area contributed by atoms with Gasteiger partial charge in [0.15, 0.2) is 0 Å². The minimum atomic E-state index is -0.400. The molecule has 0 spiro atoms. The molecule has 2 aromatic rings. The third-order valence-electron chi connectivity index (χ3n) is 4.77. The van der Waals surface area contributed by atoms with Crippen molar-refractivity contribution in [1.82, 2.24) is 14.7 Å². The predicted molar refractivity (Wildman–Crippen MR) is 103 cm³/mol. The zero-order chi connectivity index (χ0) is 18.7. The average molecular weight is 378 g/mol. The van der Waals surface area contributed by atoms with Crippen LogP contribution in [0, 0.1) is 17.0 Å². The molecule has 1 fully saturated rings. The van der Waals surface area contributed by atoms with E-state index in [2.05, 4.69) is 28.0 Å². The number of aryl methyl sites for hydroxylation is 2. The van der Waals surface area contributed by atoms with Crippen molar-refractivity contribution in [1.29, 1.82) is 0 Å². The van der Waals surface area contributed by atoms with Crippen molar-refractivity contribution in [3.8, 4) is 0 Å². The summed E-state index contributed by atoms with van der Waals surface area (Å²) in [5, 5.41) is 15.8. The Kier molecular flexibility index (Phi) is 5.78. The maximum atomic E-state index is 11.0. The molecular formula is C18H24ClN5O2. The van der Waals surface area contributed by atoms with Crippen molar-refractivity contribution < 1.29 is 4.92 Å². The fourth-order valence-corrected chi connectivity index (χ4v) is 3.88. The molecule has 1 aliphatic heterocycles. The molecule has 3 rings (SSSR count). The summed E-state index contributed by atoms with van der Waals surface area (Å²) >= 11 is 6.38. The standard InChI is InChI=1S/C18H24ClN5O2/c1-3-23-13-15(11-20-23)12-21-5-4-6-22(8-7-21)18-14(2)9-16(24(25)26)10-17(18)19/h9-11,13H,3-8,12H2,1-2H3. The van der Waals surface area contributed by atoms with Gasteiger partial charge in [0.25, 0.3) is 5.69 Å². The van der Waals surface area contributed by atoms with Crippen LogP contribution in [-0.4, -0.2) is 45.8 Å². The van der Waals surface area contributed by atoms with Gasteiger partial charge in [-0.3, -0.25) is 19.7 Å². The van der Waals surface area contributed by atoms with Gasteiger partial charge >= 0.3 is 0 Å². The Morgan fingerprint density at radius 3 is 2.73 bits per heavy atom. The van der Waals surface area contributed by atoms with E-state index in [9.17, 15) is 10.1 Å². The van der Waals surface area contributed by atoms with E-state index >= 15 is 0 Å².